The lowest BCUT2D eigenvalue weighted by atomic mass is 10.2. The molecule has 0 saturated heterocycles. The first kappa shape index (κ1) is 13.7. The normalized spacial score (nSPS) is 10.4. The number of hydrogen-bond donors (Lipinski definition) is 1. The van der Waals surface area contributed by atoms with E-state index in [2.05, 4.69) is 16.6 Å². The molecule has 0 aliphatic heterocycles. The zero-order chi connectivity index (χ0) is 11.6. The maximum Gasteiger partial charge on any atom is 0.131 e. The summed E-state index contributed by atoms with van der Waals surface area (Å²) >= 11 is 7.72. The second-order valence-corrected chi connectivity index (χ2v) is 5.07. The van der Waals surface area contributed by atoms with Crippen LogP contribution in [-0.2, 0) is 0 Å². The van der Waals surface area contributed by atoms with E-state index in [1.54, 1.807) is 6.20 Å². The summed E-state index contributed by atoms with van der Waals surface area (Å²) in [5, 5.41) is 3.89. The molecule has 0 aliphatic rings. The van der Waals surface area contributed by atoms with Crippen LogP contribution in [0.1, 0.15) is 25.7 Å². The minimum Gasteiger partial charge on any atom is -0.385 e. The van der Waals surface area contributed by atoms with Crippen molar-refractivity contribution in [1.29, 1.82) is 0 Å². The summed E-state index contributed by atoms with van der Waals surface area (Å²) < 4.78 is 0. The van der Waals surface area contributed by atoms with Gasteiger partial charge in [-0.3, -0.25) is 0 Å². The Balaban J connectivity index is 2.03. The molecule has 1 heterocycles. The number of aromatic nitrogens is 1. The zero-order valence-electron chi connectivity index (χ0n) is 9.71. The Labute approximate surface area is 107 Å². The number of rotatable bonds is 8. The van der Waals surface area contributed by atoms with Crippen LogP contribution in [0.4, 0.5) is 5.69 Å². The van der Waals surface area contributed by atoms with Crippen molar-refractivity contribution in [3.63, 3.8) is 0 Å². The number of anilines is 1. The van der Waals surface area contributed by atoms with Crippen LogP contribution in [-0.4, -0.2) is 23.5 Å². The van der Waals surface area contributed by atoms with Crippen LogP contribution in [0.15, 0.2) is 18.3 Å². The van der Waals surface area contributed by atoms with Crippen LogP contribution in [0.25, 0.3) is 0 Å². The second-order valence-electron chi connectivity index (χ2n) is 3.70. The molecule has 0 unspecified atom stereocenters. The van der Waals surface area contributed by atoms with Crippen molar-refractivity contribution in [2.75, 3.05) is 23.9 Å². The second kappa shape index (κ2) is 8.71. The molecule has 0 saturated carbocycles. The fourth-order valence-electron chi connectivity index (χ4n) is 1.47. The summed E-state index contributed by atoms with van der Waals surface area (Å²) in [5.74, 6) is 1.29. The minimum absolute atomic E-state index is 0.546. The average molecular weight is 259 g/mol. The highest BCUT2D eigenvalue weighted by molar-refractivity contribution is 7.98. The number of thioether (sulfide) groups is 1. The topological polar surface area (TPSA) is 24.9 Å². The third-order valence-corrected chi connectivity index (χ3v) is 3.23. The van der Waals surface area contributed by atoms with Crippen LogP contribution >= 0.6 is 23.4 Å². The van der Waals surface area contributed by atoms with E-state index in [0.717, 1.165) is 12.2 Å². The van der Waals surface area contributed by atoms with Gasteiger partial charge in [-0.1, -0.05) is 24.4 Å². The van der Waals surface area contributed by atoms with Crippen molar-refractivity contribution < 1.29 is 0 Å². The SMILES string of the molecule is CSCCCCCCNc1ccnc(Cl)c1. The van der Waals surface area contributed by atoms with Gasteiger partial charge in [0.25, 0.3) is 0 Å². The first-order valence-electron chi connectivity index (χ1n) is 5.67. The molecule has 0 aliphatic carbocycles. The summed E-state index contributed by atoms with van der Waals surface area (Å²) in [6.07, 6.45) is 9.07. The Morgan fingerprint density at radius 3 is 2.88 bits per heavy atom. The number of halogens is 1. The standard InChI is InChI=1S/C12H19ClN2S/c1-16-9-5-3-2-4-7-14-11-6-8-15-12(13)10-11/h6,8,10H,2-5,7,9H2,1H3,(H,14,15). The third kappa shape index (κ3) is 6.23. The van der Waals surface area contributed by atoms with Gasteiger partial charge in [-0.25, -0.2) is 4.98 Å². The van der Waals surface area contributed by atoms with Gasteiger partial charge < -0.3 is 5.32 Å². The molecule has 90 valence electrons. The van der Waals surface area contributed by atoms with Gasteiger partial charge in [0.05, 0.1) is 0 Å². The van der Waals surface area contributed by atoms with E-state index < -0.39 is 0 Å². The quantitative estimate of drug-likeness (QED) is 0.562. The highest BCUT2D eigenvalue weighted by Gasteiger charge is 1.94. The fraction of sp³-hybridized carbons (Fsp3) is 0.583. The Hall–Kier alpha value is -0.410. The van der Waals surface area contributed by atoms with Crippen LogP contribution in [0, 0.1) is 0 Å². The molecule has 4 heteroatoms. The van der Waals surface area contributed by atoms with Gasteiger partial charge in [0.15, 0.2) is 0 Å². The van der Waals surface area contributed by atoms with E-state index >= 15 is 0 Å². The molecule has 2 nitrogen and oxygen atoms in total. The molecule has 0 aromatic carbocycles. The van der Waals surface area contributed by atoms with Gasteiger partial charge >= 0.3 is 0 Å². The van der Waals surface area contributed by atoms with Crippen LogP contribution < -0.4 is 5.32 Å². The van der Waals surface area contributed by atoms with E-state index in [4.69, 9.17) is 11.6 Å². The van der Waals surface area contributed by atoms with Crippen molar-refractivity contribution in [3.05, 3.63) is 23.5 Å². The lowest BCUT2D eigenvalue weighted by Gasteiger charge is -2.05. The Morgan fingerprint density at radius 1 is 1.31 bits per heavy atom. The Kier molecular flexibility index (Phi) is 7.43. The highest BCUT2D eigenvalue weighted by Crippen LogP contribution is 2.12. The van der Waals surface area contributed by atoms with Crippen LogP contribution in [0.2, 0.25) is 5.15 Å². The van der Waals surface area contributed by atoms with E-state index in [-0.39, 0.29) is 0 Å². The van der Waals surface area contributed by atoms with Gasteiger partial charge in [0.1, 0.15) is 5.15 Å². The molecule has 1 N–H and O–H groups in total. The van der Waals surface area contributed by atoms with Gasteiger partial charge in [0, 0.05) is 18.4 Å². The molecule has 0 bridgehead atoms. The van der Waals surface area contributed by atoms with Gasteiger partial charge in [-0.05, 0) is 37.0 Å². The van der Waals surface area contributed by atoms with Crippen LogP contribution in [0.3, 0.4) is 0 Å². The first-order chi connectivity index (χ1) is 7.83. The molecule has 1 aromatic heterocycles. The molecule has 16 heavy (non-hydrogen) atoms. The maximum absolute atomic E-state index is 5.79. The molecule has 1 rings (SSSR count). The van der Waals surface area contributed by atoms with Crippen LogP contribution in [0.5, 0.6) is 0 Å². The van der Waals surface area contributed by atoms with Gasteiger partial charge in [-0.15, -0.1) is 0 Å². The van der Waals surface area contributed by atoms with E-state index in [0.29, 0.717) is 5.15 Å². The summed E-state index contributed by atoms with van der Waals surface area (Å²) in [6, 6.07) is 3.80. The fourth-order valence-corrected chi connectivity index (χ4v) is 2.14. The summed E-state index contributed by atoms with van der Waals surface area (Å²) in [4.78, 5) is 3.94. The van der Waals surface area contributed by atoms with Crippen molar-refractivity contribution >= 4 is 29.1 Å². The number of pyridine rings is 1. The smallest absolute Gasteiger partial charge is 0.131 e. The number of nitrogens with zero attached hydrogens (tertiary/aromatic N) is 1. The molecule has 0 amide bonds. The van der Waals surface area contributed by atoms with Gasteiger partial charge in [0.2, 0.25) is 0 Å². The largest absolute Gasteiger partial charge is 0.385 e. The number of nitrogens with one attached hydrogen (secondary N) is 1. The lowest BCUT2D eigenvalue weighted by Crippen LogP contribution is -2.01. The first-order valence-corrected chi connectivity index (χ1v) is 7.44. The van der Waals surface area contributed by atoms with Crippen molar-refractivity contribution in [2.24, 2.45) is 0 Å². The monoisotopic (exact) mass is 258 g/mol. The summed E-state index contributed by atoms with van der Waals surface area (Å²) in [7, 11) is 0. The third-order valence-electron chi connectivity index (χ3n) is 2.33. The average Bonchev–Trinajstić information content (AvgIpc) is 2.28. The van der Waals surface area contributed by atoms with Gasteiger partial charge in [-0.2, -0.15) is 11.8 Å². The predicted molar refractivity (Wildman–Crippen MR) is 74.6 cm³/mol. The number of unbranched alkanes of at least 4 members (excludes halogenated alkanes) is 3. The van der Waals surface area contributed by atoms with E-state index in [1.165, 1.54) is 31.4 Å². The van der Waals surface area contributed by atoms with E-state index in [1.807, 2.05) is 23.9 Å². The van der Waals surface area contributed by atoms with E-state index in [9.17, 15) is 0 Å². The van der Waals surface area contributed by atoms with Crippen molar-refractivity contribution in [1.82, 2.24) is 4.98 Å². The molecule has 0 atom stereocenters. The Morgan fingerprint density at radius 2 is 2.12 bits per heavy atom. The molecular weight excluding hydrogens is 240 g/mol. The highest BCUT2D eigenvalue weighted by atomic mass is 35.5. The Bertz CT molecular complexity index is 294. The molecule has 1 aromatic rings. The van der Waals surface area contributed by atoms with Crippen molar-refractivity contribution in [3.8, 4) is 0 Å². The summed E-state index contributed by atoms with van der Waals surface area (Å²) in [6.45, 7) is 1.01. The molecule has 0 fully saturated rings. The zero-order valence-corrected chi connectivity index (χ0v) is 11.3. The maximum atomic E-state index is 5.79. The number of hydrogen-bond acceptors (Lipinski definition) is 3. The lowest BCUT2D eigenvalue weighted by molar-refractivity contribution is 0.689. The molecule has 0 radical (unpaired) electrons. The minimum atomic E-state index is 0.546. The molecule has 0 spiro atoms. The molecular formula is C12H19ClN2S. The predicted octanol–water partition coefficient (Wildman–Crippen LogP) is 4.07. The van der Waals surface area contributed by atoms with Crippen molar-refractivity contribution in [2.45, 2.75) is 25.7 Å². The summed E-state index contributed by atoms with van der Waals surface area (Å²) in [5.41, 5.74) is 1.06.